The van der Waals surface area contributed by atoms with Crippen LogP contribution in [-0.4, -0.2) is 29.8 Å². The van der Waals surface area contributed by atoms with Crippen LogP contribution in [0.4, 0.5) is 8.78 Å². The second-order valence-corrected chi connectivity index (χ2v) is 4.00. The lowest BCUT2D eigenvalue weighted by Gasteiger charge is -2.23. The fraction of sp³-hybridized carbons (Fsp3) is 0.900. The smallest absolute Gasteiger partial charge is 0.239 e. The minimum atomic E-state index is -2.29. The Morgan fingerprint density at radius 2 is 2.21 bits per heavy atom. The topological polar surface area (TPSA) is 20.3 Å². The Kier molecular flexibility index (Phi) is 3.84. The van der Waals surface area contributed by atoms with E-state index in [1.54, 1.807) is 4.90 Å². The molecule has 0 saturated carbocycles. The molecule has 0 aromatic carbocycles. The Balaban J connectivity index is 2.47. The number of carbonyl (C=O) groups is 1. The molecule has 2 nitrogen and oxygen atoms in total. The summed E-state index contributed by atoms with van der Waals surface area (Å²) >= 11 is 0. The lowest BCUT2D eigenvalue weighted by atomic mass is 10.1. The summed E-state index contributed by atoms with van der Waals surface area (Å²) in [4.78, 5) is 13.2. The van der Waals surface area contributed by atoms with Crippen LogP contribution in [0, 0.1) is 5.92 Å². The van der Waals surface area contributed by atoms with Crippen molar-refractivity contribution in [2.45, 2.75) is 45.6 Å². The highest BCUT2D eigenvalue weighted by Crippen LogP contribution is 2.25. The van der Waals surface area contributed by atoms with Gasteiger partial charge in [-0.1, -0.05) is 6.92 Å². The van der Waals surface area contributed by atoms with Gasteiger partial charge in [0, 0.05) is 25.4 Å². The van der Waals surface area contributed by atoms with Crippen LogP contribution in [0.25, 0.3) is 0 Å². The molecule has 1 aliphatic heterocycles. The highest BCUT2D eigenvalue weighted by Gasteiger charge is 2.33. The van der Waals surface area contributed by atoms with E-state index in [-0.39, 0.29) is 24.3 Å². The van der Waals surface area contributed by atoms with Gasteiger partial charge in [-0.3, -0.25) is 4.79 Å². The van der Waals surface area contributed by atoms with Gasteiger partial charge in [-0.2, -0.15) is 0 Å². The number of hydrogen-bond acceptors (Lipinski definition) is 1. The Morgan fingerprint density at radius 3 is 2.71 bits per heavy atom. The maximum absolute atomic E-state index is 12.1. The van der Waals surface area contributed by atoms with Crippen LogP contribution in [-0.2, 0) is 4.79 Å². The molecule has 14 heavy (non-hydrogen) atoms. The molecule has 4 heteroatoms. The summed E-state index contributed by atoms with van der Waals surface area (Å²) in [5.41, 5.74) is 0. The second-order valence-electron chi connectivity index (χ2n) is 4.00. The first-order valence-electron chi connectivity index (χ1n) is 5.12. The van der Waals surface area contributed by atoms with Crippen molar-refractivity contribution < 1.29 is 13.6 Å². The molecule has 1 fully saturated rings. The predicted molar refractivity (Wildman–Crippen MR) is 50.2 cm³/mol. The van der Waals surface area contributed by atoms with Crippen LogP contribution in [0.1, 0.15) is 33.1 Å². The van der Waals surface area contributed by atoms with Crippen molar-refractivity contribution in [2.24, 2.45) is 5.92 Å². The maximum Gasteiger partial charge on any atom is 0.239 e. The van der Waals surface area contributed by atoms with Crippen LogP contribution >= 0.6 is 0 Å². The molecule has 1 saturated heterocycles. The molecule has 0 aliphatic carbocycles. The quantitative estimate of drug-likeness (QED) is 0.689. The van der Waals surface area contributed by atoms with Crippen LogP contribution < -0.4 is 0 Å². The first-order chi connectivity index (χ1) is 6.54. The molecule has 0 aromatic heterocycles. The fourth-order valence-electron chi connectivity index (χ4n) is 1.86. The van der Waals surface area contributed by atoms with Crippen molar-refractivity contribution in [3.05, 3.63) is 0 Å². The number of halogens is 2. The predicted octanol–water partition coefficient (Wildman–Crippen LogP) is 2.29. The Morgan fingerprint density at radius 1 is 1.57 bits per heavy atom. The molecule has 1 heterocycles. The second kappa shape index (κ2) is 4.71. The largest absolute Gasteiger partial charge is 0.340 e. The third-order valence-corrected chi connectivity index (χ3v) is 2.87. The molecule has 1 rings (SSSR count). The molecule has 1 amide bonds. The van der Waals surface area contributed by atoms with Gasteiger partial charge in [0.05, 0.1) is 0 Å². The van der Waals surface area contributed by atoms with Gasteiger partial charge in [0.1, 0.15) is 0 Å². The van der Waals surface area contributed by atoms with E-state index in [4.69, 9.17) is 0 Å². The van der Waals surface area contributed by atoms with E-state index in [0.29, 0.717) is 13.0 Å². The van der Waals surface area contributed by atoms with Gasteiger partial charge in [0.15, 0.2) is 0 Å². The first kappa shape index (κ1) is 11.4. The van der Waals surface area contributed by atoms with Crippen molar-refractivity contribution in [2.75, 3.05) is 6.54 Å². The number of amides is 1. The number of alkyl halides is 2. The molecule has 0 aromatic rings. The highest BCUT2D eigenvalue weighted by molar-refractivity contribution is 5.78. The number of rotatable bonds is 4. The summed E-state index contributed by atoms with van der Waals surface area (Å²) in [6.45, 7) is 4.47. The summed E-state index contributed by atoms with van der Waals surface area (Å²) in [5.74, 6) is -0.110. The fourth-order valence-corrected chi connectivity index (χ4v) is 1.86. The van der Waals surface area contributed by atoms with Crippen molar-refractivity contribution in [3.63, 3.8) is 0 Å². The molecular formula is C10H17F2NO. The van der Waals surface area contributed by atoms with Gasteiger partial charge in [0.25, 0.3) is 0 Å². The maximum atomic E-state index is 12.1. The monoisotopic (exact) mass is 205 g/mol. The van der Waals surface area contributed by atoms with Gasteiger partial charge < -0.3 is 4.90 Å². The van der Waals surface area contributed by atoms with Crippen molar-refractivity contribution in [1.29, 1.82) is 0 Å². The van der Waals surface area contributed by atoms with E-state index < -0.39 is 6.43 Å². The average molecular weight is 205 g/mol. The minimum Gasteiger partial charge on any atom is -0.340 e. The van der Waals surface area contributed by atoms with Crippen LogP contribution in [0.3, 0.4) is 0 Å². The zero-order valence-corrected chi connectivity index (χ0v) is 8.67. The molecular weight excluding hydrogens is 188 g/mol. The molecule has 0 spiro atoms. The molecule has 1 aliphatic rings. The van der Waals surface area contributed by atoms with E-state index in [1.807, 2.05) is 13.8 Å². The zero-order valence-electron chi connectivity index (χ0n) is 8.67. The number of likely N-dealkylation sites (tertiary alicyclic amines) is 1. The molecule has 0 N–H and O–H groups in total. The van der Waals surface area contributed by atoms with E-state index in [2.05, 4.69) is 0 Å². The SMILES string of the molecule is CCC(C)N1CC(CC(F)F)CC1=O. The standard InChI is InChI=1S/C10H17F2NO/c1-3-7(2)13-6-8(4-9(11)12)5-10(13)14/h7-9H,3-6H2,1-2H3. The van der Waals surface area contributed by atoms with Crippen molar-refractivity contribution >= 4 is 5.91 Å². The van der Waals surface area contributed by atoms with E-state index in [0.717, 1.165) is 6.42 Å². The molecule has 0 radical (unpaired) electrons. The Hall–Kier alpha value is -0.670. The van der Waals surface area contributed by atoms with Gasteiger partial charge in [-0.15, -0.1) is 0 Å². The average Bonchev–Trinajstić information content (AvgIpc) is 2.44. The third-order valence-electron chi connectivity index (χ3n) is 2.87. The lowest BCUT2D eigenvalue weighted by molar-refractivity contribution is -0.129. The molecule has 82 valence electrons. The molecule has 0 bridgehead atoms. The van der Waals surface area contributed by atoms with Crippen LogP contribution in [0.5, 0.6) is 0 Å². The van der Waals surface area contributed by atoms with Gasteiger partial charge in [0.2, 0.25) is 12.3 Å². The molecule has 2 unspecified atom stereocenters. The summed E-state index contributed by atoms with van der Waals surface area (Å²) in [5, 5.41) is 0. The third kappa shape index (κ3) is 2.66. The summed E-state index contributed by atoms with van der Waals surface area (Å²) in [6, 6.07) is 0.185. The number of nitrogens with zero attached hydrogens (tertiary/aromatic N) is 1. The number of hydrogen-bond donors (Lipinski definition) is 0. The lowest BCUT2D eigenvalue weighted by Crippen LogP contribution is -2.33. The summed E-state index contributed by atoms with van der Waals surface area (Å²) < 4.78 is 24.2. The van der Waals surface area contributed by atoms with E-state index >= 15 is 0 Å². The van der Waals surface area contributed by atoms with Gasteiger partial charge in [-0.05, 0) is 19.3 Å². The van der Waals surface area contributed by atoms with Crippen molar-refractivity contribution in [1.82, 2.24) is 4.90 Å². The minimum absolute atomic E-state index is 0.0324. The van der Waals surface area contributed by atoms with E-state index in [1.165, 1.54) is 0 Å². The van der Waals surface area contributed by atoms with E-state index in [9.17, 15) is 13.6 Å². The Bertz CT molecular complexity index is 208. The van der Waals surface area contributed by atoms with Crippen LogP contribution in [0.2, 0.25) is 0 Å². The zero-order chi connectivity index (χ0) is 10.7. The summed E-state index contributed by atoms with van der Waals surface area (Å²) in [6.07, 6.45) is -1.25. The normalized spacial score (nSPS) is 24.8. The Labute approximate surface area is 83.3 Å². The first-order valence-corrected chi connectivity index (χ1v) is 5.12. The van der Waals surface area contributed by atoms with Gasteiger partial charge in [-0.25, -0.2) is 8.78 Å². The summed E-state index contributed by atoms with van der Waals surface area (Å²) in [7, 11) is 0. The number of carbonyl (C=O) groups excluding carboxylic acids is 1. The molecule has 2 atom stereocenters. The van der Waals surface area contributed by atoms with Gasteiger partial charge >= 0.3 is 0 Å². The highest BCUT2D eigenvalue weighted by atomic mass is 19.3. The van der Waals surface area contributed by atoms with Crippen molar-refractivity contribution in [3.8, 4) is 0 Å². The van der Waals surface area contributed by atoms with Crippen LogP contribution in [0.15, 0.2) is 0 Å².